The molecule has 1 aromatic carbocycles. The number of rotatable bonds is 4. The minimum Gasteiger partial charge on any atom is -0.471 e. The molecule has 0 radical (unpaired) electrons. The molecule has 0 spiro atoms. The standard InChI is InChI=1S/C21H29N3O2/c1-16-7-5-6-8-17(16)21(25)9-13-24(14-10-21)15-18-19(23-12-11-22-18)26-20(2,3)4/h5-8,11-12,25H,9-10,13-15H2,1-4H3. The Morgan fingerprint density at radius 2 is 1.77 bits per heavy atom. The molecule has 1 aliphatic heterocycles. The zero-order valence-corrected chi connectivity index (χ0v) is 16.2. The van der Waals surface area contributed by atoms with E-state index in [1.807, 2.05) is 39.0 Å². The molecule has 0 bridgehead atoms. The van der Waals surface area contributed by atoms with Gasteiger partial charge in [-0.1, -0.05) is 24.3 Å². The molecule has 0 saturated carbocycles. The van der Waals surface area contributed by atoms with Crippen molar-refractivity contribution in [3.63, 3.8) is 0 Å². The second-order valence-corrected chi connectivity index (χ2v) is 8.15. The molecule has 1 aromatic heterocycles. The predicted molar refractivity (Wildman–Crippen MR) is 102 cm³/mol. The van der Waals surface area contributed by atoms with E-state index in [0.29, 0.717) is 25.3 Å². The van der Waals surface area contributed by atoms with Gasteiger partial charge in [0.2, 0.25) is 5.88 Å². The lowest BCUT2D eigenvalue weighted by Gasteiger charge is -2.39. The lowest BCUT2D eigenvalue weighted by Crippen LogP contribution is -2.42. The van der Waals surface area contributed by atoms with Gasteiger partial charge >= 0.3 is 0 Å². The molecule has 0 atom stereocenters. The fourth-order valence-electron chi connectivity index (χ4n) is 3.50. The Hall–Kier alpha value is -1.98. The van der Waals surface area contributed by atoms with E-state index < -0.39 is 5.60 Å². The summed E-state index contributed by atoms with van der Waals surface area (Å²) in [5, 5.41) is 11.1. The third-order valence-electron chi connectivity index (χ3n) is 4.84. The molecule has 0 amide bonds. The zero-order chi connectivity index (χ0) is 18.8. The number of aryl methyl sites for hydroxylation is 1. The molecular formula is C21H29N3O2. The first kappa shape index (κ1) is 18.8. The van der Waals surface area contributed by atoms with Gasteiger partial charge in [-0.3, -0.25) is 9.88 Å². The number of aromatic nitrogens is 2. The first-order chi connectivity index (χ1) is 12.3. The van der Waals surface area contributed by atoms with Crippen LogP contribution in [0, 0.1) is 6.92 Å². The molecule has 0 aliphatic carbocycles. The third kappa shape index (κ3) is 4.40. The maximum absolute atomic E-state index is 11.1. The number of piperidine rings is 1. The van der Waals surface area contributed by atoms with Crippen LogP contribution >= 0.6 is 0 Å². The van der Waals surface area contributed by atoms with Crippen LogP contribution in [0.1, 0.15) is 50.4 Å². The highest BCUT2D eigenvalue weighted by atomic mass is 16.5. The third-order valence-corrected chi connectivity index (χ3v) is 4.84. The minimum absolute atomic E-state index is 0.308. The Labute approximate surface area is 156 Å². The van der Waals surface area contributed by atoms with Crippen molar-refractivity contribution in [1.29, 1.82) is 0 Å². The van der Waals surface area contributed by atoms with Crippen LogP contribution in [-0.4, -0.2) is 38.7 Å². The van der Waals surface area contributed by atoms with Crippen molar-refractivity contribution in [3.05, 3.63) is 53.5 Å². The van der Waals surface area contributed by atoms with Crippen LogP contribution in [0.2, 0.25) is 0 Å². The van der Waals surface area contributed by atoms with Crippen LogP contribution in [-0.2, 0) is 12.1 Å². The van der Waals surface area contributed by atoms with E-state index in [1.165, 1.54) is 0 Å². The van der Waals surface area contributed by atoms with Gasteiger partial charge in [0.25, 0.3) is 0 Å². The molecule has 0 unspecified atom stereocenters. The van der Waals surface area contributed by atoms with E-state index in [0.717, 1.165) is 29.9 Å². The smallest absolute Gasteiger partial charge is 0.237 e. The average Bonchev–Trinajstić information content (AvgIpc) is 2.58. The van der Waals surface area contributed by atoms with E-state index in [4.69, 9.17) is 4.74 Å². The number of aliphatic hydroxyl groups is 1. The molecule has 2 aromatic rings. The van der Waals surface area contributed by atoms with E-state index >= 15 is 0 Å². The molecule has 2 heterocycles. The SMILES string of the molecule is Cc1ccccc1C1(O)CCN(Cc2nccnc2OC(C)(C)C)CC1. The maximum atomic E-state index is 11.1. The molecule has 1 saturated heterocycles. The Morgan fingerprint density at radius 1 is 1.12 bits per heavy atom. The van der Waals surface area contributed by atoms with Gasteiger partial charge in [0.1, 0.15) is 11.3 Å². The number of benzene rings is 1. The molecule has 1 aliphatic rings. The predicted octanol–water partition coefficient (Wildman–Crippen LogP) is 3.45. The molecule has 5 nitrogen and oxygen atoms in total. The molecule has 26 heavy (non-hydrogen) atoms. The lowest BCUT2D eigenvalue weighted by atomic mass is 9.82. The van der Waals surface area contributed by atoms with Gasteiger partial charge in [-0.25, -0.2) is 4.98 Å². The van der Waals surface area contributed by atoms with Crippen molar-refractivity contribution in [2.45, 2.75) is 58.3 Å². The number of ether oxygens (including phenoxy) is 1. The van der Waals surface area contributed by atoms with E-state index in [-0.39, 0.29) is 5.60 Å². The van der Waals surface area contributed by atoms with Gasteiger partial charge in [-0.15, -0.1) is 0 Å². The van der Waals surface area contributed by atoms with Crippen molar-refractivity contribution >= 4 is 0 Å². The Balaban J connectivity index is 1.68. The summed E-state index contributed by atoms with van der Waals surface area (Å²) in [4.78, 5) is 11.1. The first-order valence-electron chi connectivity index (χ1n) is 9.27. The first-order valence-corrected chi connectivity index (χ1v) is 9.27. The van der Waals surface area contributed by atoms with Gasteiger partial charge in [0.15, 0.2) is 0 Å². The fraction of sp³-hybridized carbons (Fsp3) is 0.524. The highest BCUT2D eigenvalue weighted by Gasteiger charge is 2.35. The number of hydrogen-bond donors (Lipinski definition) is 1. The molecule has 5 heteroatoms. The van der Waals surface area contributed by atoms with Crippen molar-refractivity contribution < 1.29 is 9.84 Å². The monoisotopic (exact) mass is 355 g/mol. The van der Waals surface area contributed by atoms with Crippen molar-refractivity contribution in [2.24, 2.45) is 0 Å². The van der Waals surface area contributed by atoms with Crippen LogP contribution in [0.15, 0.2) is 36.7 Å². The van der Waals surface area contributed by atoms with Crippen LogP contribution in [0.5, 0.6) is 5.88 Å². The fourth-order valence-corrected chi connectivity index (χ4v) is 3.50. The van der Waals surface area contributed by atoms with Crippen LogP contribution in [0.3, 0.4) is 0 Å². The number of likely N-dealkylation sites (tertiary alicyclic amines) is 1. The molecule has 1 N–H and O–H groups in total. The summed E-state index contributed by atoms with van der Waals surface area (Å²) in [6.07, 6.45) is 4.80. The molecule has 3 rings (SSSR count). The quantitative estimate of drug-likeness (QED) is 0.910. The zero-order valence-electron chi connectivity index (χ0n) is 16.2. The van der Waals surface area contributed by atoms with Crippen LogP contribution < -0.4 is 4.74 Å². The number of hydrogen-bond acceptors (Lipinski definition) is 5. The largest absolute Gasteiger partial charge is 0.471 e. The summed E-state index contributed by atoms with van der Waals surface area (Å²) in [6.45, 7) is 10.4. The summed E-state index contributed by atoms with van der Waals surface area (Å²) < 4.78 is 5.95. The normalized spacial score (nSPS) is 17.9. The molecule has 140 valence electrons. The molecular weight excluding hydrogens is 326 g/mol. The van der Waals surface area contributed by atoms with Gasteiger partial charge in [0.05, 0.1) is 5.60 Å². The van der Waals surface area contributed by atoms with Gasteiger partial charge in [-0.05, 0) is 51.7 Å². The summed E-state index contributed by atoms with van der Waals surface area (Å²) >= 11 is 0. The van der Waals surface area contributed by atoms with Crippen molar-refractivity contribution in [3.8, 4) is 5.88 Å². The van der Waals surface area contributed by atoms with Gasteiger partial charge < -0.3 is 9.84 Å². The van der Waals surface area contributed by atoms with Crippen molar-refractivity contribution in [1.82, 2.24) is 14.9 Å². The summed E-state index contributed by atoms with van der Waals surface area (Å²) in [6, 6.07) is 8.13. The minimum atomic E-state index is -0.741. The Morgan fingerprint density at radius 3 is 2.42 bits per heavy atom. The Bertz CT molecular complexity index is 747. The van der Waals surface area contributed by atoms with Crippen molar-refractivity contribution in [2.75, 3.05) is 13.1 Å². The van der Waals surface area contributed by atoms with Gasteiger partial charge in [-0.2, -0.15) is 0 Å². The summed E-state index contributed by atoms with van der Waals surface area (Å²) in [5.41, 5.74) is 2.00. The lowest BCUT2D eigenvalue weighted by molar-refractivity contribution is -0.0287. The van der Waals surface area contributed by atoms with Gasteiger partial charge in [0, 0.05) is 32.0 Å². The molecule has 1 fully saturated rings. The highest BCUT2D eigenvalue weighted by Crippen LogP contribution is 2.35. The average molecular weight is 355 g/mol. The Kier molecular flexibility index (Phi) is 5.30. The number of nitrogens with zero attached hydrogens (tertiary/aromatic N) is 3. The topological polar surface area (TPSA) is 58.5 Å². The van der Waals surface area contributed by atoms with E-state index in [9.17, 15) is 5.11 Å². The second-order valence-electron chi connectivity index (χ2n) is 8.15. The second kappa shape index (κ2) is 7.33. The maximum Gasteiger partial charge on any atom is 0.237 e. The summed E-state index contributed by atoms with van der Waals surface area (Å²) in [5.74, 6) is 0.597. The summed E-state index contributed by atoms with van der Waals surface area (Å²) in [7, 11) is 0. The highest BCUT2D eigenvalue weighted by molar-refractivity contribution is 5.31. The van der Waals surface area contributed by atoms with E-state index in [1.54, 1.807) is 12.4 Å². The van der Waals surface area contributed by atoms with Crippen LogP contribution in [0.25, 0.3) is 0 Å². The van der Waals surface area contributed by atoms with Crippen LogP contribution in [0.4, 0.5) is 0 Å². The van der Waals surface area contributed by atoms with E-state index in [2.05, 4.69) is 27.9 Å².